The Balaban J connectivity index is 1.68. The summed E-state index contributed by atoms with van der Waals surface area (Å²) >= 11 is 8.11. The third-order valence-corrected chi connectivity index (χ3v) is 9.22. The predicted molar refractivity (Wildman–Crippen MR) is 109 cm³/mol. The molecule has 3 nitrogen and oxygen atoms in total. The summed E-state index contributed by atoms with van der Waals surface area (Å²) in [6, 6.07) is 8.65. The molecule has 2 atom stereocenters. The van der Waals surface area contributed by atoms with Crippen LogP contribution >= 0.6 is 23.5 Å². The molecule has 3 saturated carbocycles. The van der Waals surface area contributed by atoms with Gasteiger partial charge in [0.2, 0.25) is 0 Å². The molecule has 1 aromatic carbocycles. The number of hydrogen-bond acceptors (Lipinski definition) is 4. The highest BCUT2D eigenvalue weighted by Gasteiger charge is 2.71. The number of fused-ring (bicyclic) bond motifs is 2. The summed E-state index contributed by atoms with van der Waals surface area (Å²) in [5.74, 6) is 1.48. The fraction of sp³-hybridized carbons (Fsp3) is 0.667. The van der Waals surface area contributed by atoms with Crippen molar-refractivity contribution >= 4 is 29.8 Å². The number of ether oxygens (including phenoxy) is 1. The summed E-state index contributed by atoms with van der Waals surface area (Å²) in [4.78, 5) is 5.35. The molecule has 1 aromatic rings. The molecule has 6 rings (SSSR count). The standard InChI is InChI=1S/C21H27ClN2OS/c1-19(16-3-5-18(22)6-4-16)17-7-10-20(11-8-17,21(19)9-2-12-23-21)24-13-14-25-15-26-24/h3-6,12,17H,2,7-11,13-15H2,1H3. The van der Waals surface area contributed by atoms with E-state index in [0.29, 0.717) is 5.92 Å². The van der Waals surface area contributed by atoms with Crippen LogP contribution in [0, 0.1) is 5.92 Å². The van der Waals surface area contributed by atoms with Gasteiger partial charge in [0.1, 0.15) is 5.94 Å². The second kappa shape index (κ2) is 6.23. The summed E-state index contributed by atoms with van der Waals surface area (Å²) in [6.07, 6.45) is 9.62. The molecule has 1 spiro atoms. The van der Waals surface area contributed by atoms with E-state index in [-0.39, 0.29) is 16.5 Å². The number of rotatable bonds is 2. The lowest BCUT2D eigenvalue weighted by Gasteiger charge is -2.69. The summed E-state index contributed by atoms with van der Waals surface area (Å²) < 4.78 is 8.35. The van der Waals surface area contributed by atoms with E-state index in [2.05, 4.69) is 41.7 Å². The first-order valence-electron chi connectivity index (χ1n) is 9.90. The lowest BCUT2D eigenvalue weighted by Crippen LogP contribution is -2.76. The molecule has 2 unspecified atom stereocenters. The van der Waals surface area contributed by atoms with Crippen molar-refractivity contribution < 1.29 is 4.74 Å². The molecule has 140 valence electrons. The minimum Gasteiger partial charge on any atom is -0.368 e. The van der Waals surface area contributed by atoms with E-state index in [1.807, 2.05) is 11.9 Å². The second-order valence-electron chi connectivity index (χ2n) is 8.48. The highest BCUT2D eigenvalue weighted by Crippen LogP contribution is 2.67. The third-order valence-electron chi connectivity index (χ3n) is 7.86. The van der Waals surface area contributed by atoms with Gasteiger partial charge in [-0.05, 0) is 80.3 Å². The average Bonchev–Trinajstić information content (AvgIpc) is 3.19. The second-order valence-corrected chi connectivity index (χ2v) is 9.85. The van der Waals surface area contributed by atoms with Crippen molar-refractivity contribution in [3.8, 4) is 0 Å². The van der Waals surface area contributed by atoms with E-state index in [1.165, 1.54) is 37.7 Å². The Hall–Kier alpha value is -0.550. The van der Waals surface area contributed by atoms with Gasteiger partial charge >= 0.3 is 0 Å². The minimum absolute atomic E-state index is 0.0284. The van der Waals surface area contributed by atoms with Crippen LogP contribution in [-0.2, 0) is 10.2 Å². The van der Waals surface area contributed by atoms with E-state index in [9.17, 15) is 0 Å². The summed E-state index contributed by atoms with van der Waals surface area (Å²) in [5.41, 5.74) is 1.62. The van der Waals surface area contributed by atoms with E-state index in [4.69, 9.17) is 21.3 Å². The van der Waals surface area contributed by atoms with Crippen LogP contribution in [0.2, 0.25) is 5.02 Å². The molecule has 4 fully saturated rings. The van der Waals surface area contributed by atoms with Crippen molar-refractivity contribution in [3.63, 3.8) is 0 Å². The molecule has 0 aromatic heterocycles. The first kappa shape index (κ1) is 17.5. The van der Waals surface area contributed by atoms with Crippen LogP contribution in [0.3, 0.4) is 0 Å². The van der Waals surface area contributed by atoms with E-state index < -0.39 is 0 Å². The zero-order valence-electron chi connectivity index (χ0n) is 15.4. The summed E-state index contributed by atoms with van der Waals surface area (Å²) in [7, 11) is 0. The van der Waals surface area contributed by atoms with Gasteiger partial charge in [-0.15, -0.1) is 0 Å². The van der Waals surface area contributed by atoms with Gasteiger partial charge in [0.05, 0.1) is 17.7 Å². The molecule has 2 bridgehead atoms. The Labute approximate surface area is 165 Å². The number of hydrogen-bond donors (Lipinski definition) is 0. The van der Waals surface area contributed by atoms with Gasteiger partial charge in [0, 0.05) is 17.0 Å². The van der Waals surface area contributed by atoms with Crippen LogP contribution in [0.4, 0.5) is 0 Å². The highest BCUT2D eigenvalue weighted by atomic mass is 35.5. The topological polar surface area (TPSA) is 24.8 Å². The molecular weight excluding hydrogens is 364 g/mol. The van der Waals surface area contributed by atoms with Crippen molar-refractivity contribution in [2.45, 2.75) is 61.9 Å². The lowest BCUT2D eigenvalue weighted by molar-refractivity contribution is -0.0989. The smallest absolute Gasteiger partial charge is 0.107 e. The largest absolute Gasteiger partial charge is 0.368 e. The Morgan fingerprint density at radius 2 is 1.96 bits per heavy atom. The van der Waals surface area contributed by atoms with Crippen LogP contribution in [0.25, 0.3) is 0 Å². The lowest BCUT2D eigenvalue weighted by atomic mass is 9.41. The number of nitrogens with zero attached hydrogens (tertiary/aromatic N) is 2. The molecule has 26 heavy (non-hydrogen) atoms. The monoisotopic (exact) mass is 390 g/mol. The third kappa shape index (κ3) is 2.13. The fourth-order valence-corrected chi connectivity index (χ4v) is 7.88. The predicted octanol–water partition coefficient (Wildman–Crippen LogP) is 5.08. The van der Waals surface area contributed by atoms with E-state index in [1.54, 1.807) is 0 Å². The maximum Gasteiger partial charge on any atom is 0.107 e. The molecule has 2 aliphatic heterocycles. The zero-order valence-corrected chi connectivity index (χ0v) is 17.0. The highest BCUT2D eigenvalue weighted by molar-refractivity contribution is 7.96. The zero-order chi connectivity index (χ0) is 17.8. The van der Waals surface area contributed by atoms with Gasteiger partial charge in [-0.1, -0.05) is 30.7 Å². The summed E-state index contributed by atoms with van der Waals surface area (Å²) in [5, 5.41) is 0.820. The van der Waals surface area contributed by atoms with Crippen LogP contribution in [0.5, 0.6) is 0 Å². The minimum atomic E-state index is -0.0284. The van der Waals surface area contributed by atoms with Crippen molar-refractivity contribution in [2.75, 3.05) is 19.1 Å². The Morgan fingerprint density at radius 3 is 2.58 bits per heavy atom. The summed E-state index contributed by atoms with van der Waals surface area (Å²) in [6.45, 7) is 4.36. The van der Waals surface area contributed by atoms with E-state index in [0.717, 1.165) is 30.5 Å². The van der Waals surface area contributed by atoms with Gasteiger partial charge in [-0.3, -0.25) is 4.99 Å². The van der Waals surface area contributed by atoms with Gasteiger partial charge < -0.3 is 4.74 Å². The molecule has 5 aliphatic rings. The Morgan fingerprint density at radius 1 is 1.19 bits per heavy atom. The quantitative estimate of drug-likeness (QED) is 0.658. The molecule has 1 saturated heterocycles. The number of benzene rings is 1. The Kier molecular flexibility index (Phi) is 4.20. The van der Waals surface area contributed by atoms with Crippen molar-refractivity contribution in [2.24, 2.45) is 10.9 Å². The first-order chi connectivity index (χ1) is 12.6. The van der Waals surface area contributed by atoms with Gasteiger partial charge in [-0.2, -0.15) is 0 Å². The fourth-order valence-electron chi connectivity index (χ4n) is 6.65. The molecule has 5 heteroatoms. The molecule has 0 amide bonds. The van der Waals surface area contributed by atoms with Crippen molar-refractivity contribution in [1.82, 2.24) is 4.31 Å². The molecule has 0 N–H and O–H groups in total. The van der Waals surface area contributed by atoms with Crippen molar-refractivity contribution in [1.29, 1.82) is 0 Å². The van der Waals surface area contributed by atoms with Gasteiger partial charge in [0.15, 0.2) is 0 Å². The first-order valence-corrected chi connectivity index (χ1v) is 11.2. The van der Waals surface area contributed by atoms with Gasteiger partial charge in [-0.25, -0.2) is 4.31 Å². The van der Waals surface area contributed by atoms with Crippen LogP contribution in [0.15, 0.2) is 29.3 Å². The van der Waals surface area contributed by atoms with Crippen LogP contribution in [0.1, 0.15) is 51.0 Å². The SMILES string of the molecule is CC1(c2ccc(Cl)cc2)C2CCC(N3CCOCS3)(CC2)C12CCC=N2. The molecule has 3 aliphatic carbocycles. The maximum atomic E-state index is 6.22. The van der Waals surface area contributed by atoms with Gasteiger partial charge in [0.25, 0.3) is 0 Å². The number of halogens is 1. The van der Waals surface area contributed by atoms with Crippen LogP contribution in [-0.4, -0.2) is 40.7 Å². The molecule has 2 heterocycles. The normalized spacial score (nSPS) is 42.6. The van der Waals surface area contributed by atoms with Crippen LogP contribution < -0.4 is 0 Å². The molecular formula is C21H27ClN2OS. The maximum absolute atomic E-state index is 6.22. The van der Waals surface area contributed by atoms with E-state index >= 15 is 0 Å². The average molecular weight is 391 g/mol. The Bertz CT molecular complexity index is 709. The number of aliphatic imine (C=N–C) groups is 1. The van der Waals surface area contributed by atoms with Crippen molar-refractivity contribution in [3.05, 3.63) is 34.9 Å². The molecule has 0 radical (unpaired) electrons.